The number of halogens is 1. The predicted molar refractivity (Wildman–Crippen MR) is 54.9 cm³/mol. The van der Waals surface area contributed by atoms with Gasteiger partial charge in [-0.3, -0.25) is 0 Å². The van der Waals surface area contributed by atoms with Gasteiger partial charge < -0.3 is 10.1 Å². The summed E-state index contributed by atoms with van der Waals surface area (Å²) in [6.45, 7) is 0. The summed E-state index contributed by atoms with van der Waals surface area (Å²) >= 11 is 0. The first-order valence-corrected chi connectivity index (χ1v) is 4.34. The van der Waals surface area contributed by atoms with Gasteiger partial charge in [0.2, 0.25) is 0 Å². The molecule has 0 unspecified atom stereocenters. The van der Waals surface area contributed by atoms with Crippen LogP contribution in [0.2, 0.25) is 0 Å². The van der Waals surface area contributed by atoms with E-state index < -0.39 is 5.97 Å². The molecule has 1 aromatic heterocycles. The second kappa shape index (κ2) is 3.57. The molecule has 1 heterocycles. The third-order valence-corrected chi connectivity index (χ3v) is 2.01. The molecule has 2 rings (SSSR count). The number of rotatable bonds is 2. The van der Waals surface area contributed by atoms with Crippen molar-refractivity contribution in [1.82, 2.24) is 4.98 Å². The van der Waals surface area contributed by atoms with E-state index in [1.807, 2.05) is 0 Å². The highest BCUT2D eigenvalue weighted by molar-refractivity contribution is 5.88. The van der Waals surface area contributed by atoms with Crippen LogP contribution in [0, 0.1) is 5.82 Å². The fourth-order valence-corrected chi connectivity index (χ4v) is 1.38. The molecule has 3 nitrogen and oxygen atoms in total. The Balaban J connectivity index is 2.43. The Hall–Kier alpha value is -2.10. The van der Waals surface area contributed by atoms with Gasteiger partial charge in [0.25, 0.3) is 0 Å². The molecule has 0 aliphatic rings. The lowest BCUT2D eigenvalue weighted by molar-refractivity contribution is -0.131. The lowest BCUT2D eigenvalue weighted by Crippen LogP contribution is -1.85. The van der Waals surface area contributed by atoms with Gasteiger partial charge in [-0.1, -0.05) is 0 Å². The molecule has 0 spiro atoms. The third kappa shape index (κ3) is 2.04. The van der Waals surface area contributed by atoms with E-state index in [0.29, 0.717) is 5.69 Å². The van der Waals surface area contributed by atoms with E-state index in [1.165, 1.54) is 18.2 Å². The van der Waals surface area contributed by atoms with Gasteiger partial charge in [-0.15, -0.1) is 0 Å². The fraction of sp³-hybridized carbons (Fsp3) is 0. The van der Waals surface area contributed by atoms with E-state index in [4.69, 9.17) is 5.11 Å². The minimum absolute atomic E-state index is 0.310. The van der Waals surface area contributed by atoms with E-state index in [9.17, 15) is 9.18 Å². The van der Waals surface area contributed by atoms with E-state index in [0.717, 1.165) is 17.0 Å². The van der Waals surface area contributed by atoms with Gasteiger partial charge in [-0.2, -0.15) is 0 Å². The van der Waals surface area contributed by atoms with E-state index >= 15 is 0 Å². The van der Waals surface area contributed by atoms with Crippen LogP contribution in [0.25, 0.3) is 17.0 Å². The average Bonchev–Trinajstić information content (AvgIpc) is 2.56. The summed E-state index contributed by atoms with van der Waals surface area (Å²) in [7, 11) is 0. The highest BCUT2D eigenvalue weighted by atomic mass is 19.1. The Kier molecular flexibility index (Phi) is 2.25. The number of hydrogen-bond acceptors (Lipinski definition) is 1. The summed E-state index contributed by atoms with van der Waals surface area (Å²) in [5, 5.41) is 9.16. The van der Waals surface area contributed by atoms with Gasteiger partial charge in [-0.25, -0.2) is 9.18 Å². The van der Waals surface area contributed by atoms with Crippen molar-refractivity contribution in [3.05, 3.63) is 41.9 Å². The first-order chi connectivity index (χ1) is 7.15. The SMILES string of the molecule is O=C(O)C=Cc1cc2cc(F)ccc2[nH]1. The molecule has 1 aromatic carbocycles. The van der Waals surface area contributed by atoms with Crippen LogP contribution in [-0.4, -0.2) is 16.1 Å². The van der Waals surface area contributed by atoms with Gasteiger partial charge in [-0.05, 0) is 30.3 Å². The summed E-state index contributed by atoms with van der Waals surface area (Å²) in [6.07, 6.45) is 2.46. The molecule has 0 saturated heterocycles. The normalized spacial score (nSPS) is 11.3. The van der Waals surface area contributed by atoms with Crippen molar-refractivity contribution in [3.63, 3.8) is 0 Å². The number of hydrogen-bond donors (Lipinski definition) is 2. The first-order valence-electron chi connectivity index (χ1n) is 4.34. The van der Waals surface area contributed by atoms with Crippen LogP contribution in [0.1, 0.15) is 5.69 Å². The molecule has 0 atom stereocenters. The van der Waals surface area contributed by atoms with Gasteiger partial charge in [0.05, 0.1) is 0 Å². The molecule has 0 aliphatic carbocycles. The zero-order valence-electron chi connectivity index (χ0n) is 7.70. The number of carbonyl (C=O) groups is 1. The molecule has 0 fully saturated rings. The quantitative estimate of drug-likeness (QED) is 0.739. The maximum Gasteiger partial charge on any atom is 0.328 e. The van der Waals surface area contributed by atoms with Crippen molar-refractivity contribution in [1.29, 1.82) is 0 Å². The van der Waals surface area contributed by atoms with E-state index in [2.05, 4.69) is 4.98 Å². The van der Waals surface area contributed by atoms with Crippen LogP contribution in [0.5, 0.6) is 0 Å². The summed E-state index contributed by atoms with van der Waals surface area (Å²) in [5.41, 5.74) is 1.42. The largest absolute Gasteiger partial charge is 0.478 e. The highest BCUT2D eigenvalue weighted by Crippen LogP contribution is 2.17. The molecule has 0 radical (unpaired) electrons. The number of carboxylic acid groups (broad SMARTS) is 1. The monoisotopic (exact) mass is 205 g/mol. The smallest absolute Gasteiger partial charge is 0.328 e. The Morgan fingerprint density at radius 2 is 2.20 bits per heavy atom. The van der Waals surface area contributed by atoms with E-state index in [-0.39, 0.29) is 5.82 Å². The Labute approximate surface area is 84.8 Å². The van der Waals surface area contributed by atoms with Crippen molar-refractivity contribution < 1.29 is 14.3 Å². The molecule has 0 aliphatic heterocycles. The van der Waals surface area contributed by atoms with Gasteiger partial charge >= 0.3 is 5.97 Å². The lowest BCUT2D eigenvalue weighted by Gasteiger charge is -1.87. The average molecular weight is 205 g/mol. The van der Waals surface area contributed by atoms with Crippen molar-refractivity contribution in [2.75, 3.05) is 0 Å². The number of fused-ring (bicyclic) bond motifs is 1. The van der Waals surface area contributed by atoms with Crippen LogP contribution in [0.15, 0.2) is 30.3 Å². The summed E-state index contributed by atoms with van der Waals surface area (Å²) < 4.78 is 12.8. The number of benzene rings is 1. The van der Waals surface area contributed by atoms with Crippen molar-refractivity contribution in [2.24, 2.45) is 0 Å². The minimum Gasteiger partial charge on any atom is -0.478 e. The molecule has 0 saturated carbocycles. The Bertz CT molecular complexity index is 543. The third-order valence-electron chi connectivity index (χ3n) is 2.01. The fourth-order valence-electron chi connectivity index (χ4n) is 1.38. The lowest BCUT2D eigenvalue weighted by atomic mass is 10.2. The maximum absolute atomic E-state index is 12.8. The molecular weight excluding hydrogens is 197 g/mol. The molecule has 15 heavy (non-hydrogen) atoms. The van der Waals surface area contributed by atoms with Crippen LogP contribution >= 0.6 is 0 Å². The summed E-state index contributed by atoms with van der Waals surface area (Å²) in [4.78, 5) is 13.2. The van der Waals surface area contributed by atoms with Crippen molar-refractivity contribution in [2.45, 2.75) is 0 Å². The van der Waals surface area contributed by atoms with Crippen LogP contribution < -0.4 is 0 Å². The van der Waals surface area contributed by atoms with Gasteiger partial charge in [0.15, 0.2) is 0 Å². The standard InChI is InChI=1S/C11H8FNO2/c12-8-1-3-10-7(5-8)6-9(13-10)2-4-11(14)15/h1-6,13H,(H,14,15). The molecule has 76 valence electrons. The van der Waals surface area contributed by atoms with Crippen molar-refractivity contribution >= 4 is 22.9 Å². The minimum atomic E-state index is -1.01. The van der Waals surface area contributed by atoms with Crippen LogP contribution in [0.3, 0.4) is 0 Å². The molecule has 2 N–H and O–H groups in total. The number of carboxylic acids is 1. The number of aliphatic carboxylic acids is 1. The second-order valence-corrected chi connectivity index (χ2v) is 3.13. The van der Waals surface area contributed by atoms with Gasteiger partial charge in [0.1, 0.15) is 5.82 Å². The molecular formula is C11H8FNO2. The molecule has 0 bridgehead atoms. The zero-order chi connectivity index (χ0) is 10.8. The zero-order valence-corrected chi connectivity index (χ0v) is 7.70. The van der Waals surface area contributed by atoms with Crippen molar-refractivity contribution in [3.8, 4) is 0 Å². The first kappa shape index (κ1) is 9.45. The molecule has 4 heteroatoms. The van der Waals surface area contributed by atoms with E-state index in [1.54, 1.807) is 12.1 Å². The maximum atomic E-state index is 12.8. The Morgan fingerprint density at radius 3 is 2.93 bits per heavy atom. The topological polar surface area (TPSA) is 53.1 Å². The Morgan fingerprint density at radius 1 is 1.40 bits per heavy atom. The van der Waals surface area contributed by atoms with Gasteiger partial charge in [0, 0.05) is 22.7 Å². The summed E-state index contributed by atoms with van der Waals surface area (Å²) in [6, 6.07) is 6.05. The molecule has 2 aromatic rings. The number of H-pyrrole nitrogens is 1. The molecule has 0 amide bonds. The second-order valence-electron chi connectivity index (χ2n) is 3.13. The number of nitrogens with one attached hydrogen (secondary N) is 1. The van der Waals surface area contributed by atoms with Crippen LogP contribution in [-0.2, 0) is 4.79 Å². The highest BCUT2D eigenvalue weighted by Gasteiger charge is 1.99. The van der Waals surface area contributed by atoms with Crippen LogP contribution in [0.4, 0.5) is 4.39 Å². The number of aromatic nitrogens is 1. The predicted octanol–water partition coefficient (Wildman–Crippen LogP) is 2.40. The number of aromatic amines is 1. The summed E-state index contributed by atoms with van der Waals surface area (Å²) in [5.74, 6) is -1.32.